The number of aldehydes is 1. The molecule has 1 aromatic carbocycles. The van der Waals surface area contributed by atoms with Crippen molar-refractivity contribution in [3.8, 4) is 11.5 Å². The average molecular weight is 517 g/mol. The fraction of sp³-hybridized carbons (Fsp3) is 0.593. The molecule has 4 rings (SSSR count). The summed E-state index contributed by atoms with van der Waals surface area (Å²) in [5, 5.41) is 23.6. The summed E-state index contributed by atoms with van der Waals surface area (Å²) in [6, 6.07) is 2.34. The van der Waals surface area contributed by atoms with E-state index in [-0.39, 0.29) is 31.6 Å². The van der Waals surface area contributed by atoms with Gasteiger partial charge in [0.15, 0.2) is 11.5 Å². The number of amides is 2. The highest BCUT2D eigenvalue weighted by atomic mass is 16.5. The minimum Gasteiger partial charge on any atom is -0.493 e. The molecule has 2 aliphatic carbocycles. The van der Waals surface area contributed by atoms with E-state index >= 15 is 0 Å². The third-order valence-electron chi connectivity index (χ3n) is 7.54. The molecule has 3 N–H and O–H groups in total. The number of benzene rings is 1. The molecule has 0 radical (unpaired) electrons. The fourth-order valence-electron chi connectivity index (χ4n) is 5.80. The van der Waals surface area contributed by atoms with Gasteiger partial charge >= 0.3 is 0 Å². The maximum atomic E-state index is 13.3. The van der Waals surface area contributed by atoms with Crippen molar-refractivity contribution in [3.63, 3.8) is 0 Å². The molecule has 0 aromatic heterocycles. The number of aliphatic hydroxyl groups excluding tert-OH is 2. The molecule has 0 spiro atoms. The van der Waals surface area contributed by atoms with Crippen molar-refractivity contribution >= 4 is 18.1 Å². The topological polar surface area (TPSA) is 135 Å². The molecule has 1 saturated carbocycles. The largest absolute Gasteiger partial charge is 0.493 e. The molecule has 10 heteroatoms. The van der Waals surface area contributed by atoms with E-state index in [0.29, 0.717) is 41.0 Å². The maximum Gasteiger partial charge on any atom is 0.249 e. The summed E-state index contributed by atoms with van der Waals surface area (Å²) in [7, 11) is 2.90. The van der Waals surface area contributed by atoms with E-state index in [4.69, 9.17) is 14.2 Å². The first kappa shape index (κ1) is 27.1. The Morgan fingerprint density at radius 1 is 1.22 bits per heavy atom. The number of nitrogens with zero attached hydrogens (tertiary/aromatic N) is 1. The van der Waals surface area contributed by atoms with Crippen LogP contribution in [0.25, 0.3) is 0 Å². The Kier molecular flexibility index (Phi) is 8.83. The van der Waals surface area contributed by atoms with Crippen LogP contribution in [0, 0.1) is 5.92 Å². The Morgan fingerprint density at radius 3 is 2.62 bits per heavy atom. The Balaban J connectivity index is 1.77. The van der Waals surface area contributed by atoms with Crippen LogP contribution in [-0.2, 0) is 14.3 Å². The summed E-state index contributed by atoms with van der Waals surface area (Å²) in [4.78, 5) is 39.8. The first-order chi connectivity index (χ1) is 17.9. The van der Waals surface area contributed by atoms with Crippen molar-refractivity contribution in [3.05, 3.63) is 34.9 Å². The molecule has 0 unspecified atom stereocenters. The Hall–Kier alpha value is -2.95. The lowest BCUT2D eigenvalue weighted by molar-refractivity contribution is -0.142. The molecule has 0 saturated heterocycles. The van der Waals surface area contributed by atoms with Gasteiger partial charge in [-0.3, -0.25) is 14.4 Å². The molecule has 1 aromatic rings. The van der Waals surface area contributed by atoms with Crippen LogP contribution in [0.15, 0.2) is 23.8 Å². The minimum atomic E-state index is -1.15. The minimum absolute atomic E-state index is 0.0422. The molecule has 10 nitrogen and oxygen atoms in total. The third kappa shape index (κ3) is 5.51. The summed E-state index contributed by atoms with van der Waals surface area (Å²) < 4.78 is 16.8. The second-order valence-corrected chi connectivity index (χ2v) is 9.89. The van der Waals surface area contributed by atoms with E-state index in [1.54, 1.807) is 23.1 Å². The molecule has 1 fully saturated rings. The predicted molar refractivity (Wildman–Crippen MR) is 134 cm³/mol. The van der Waals surface area contributed by atoms with Gasteiger partial charge in [-0.2, -0.15) is 0 Å². The molecule has 37 heavy (non-hydrogen) atoms. The average Bonchev–Trinajstić information content (AvgIpc) is 3.31. The van der Waals surface area contributed by atoms with Gasteiger partial charge in [0.25, 0.3) is 0 Å². The van der Waals surface area contributed by atoms with Crippen molar-refractivity contribution in [2.24, 2.45) is 5.92 Å². The van der Waals surface area contributed by atoms with Crippen LogP contribution in [-0.4, -0.2) is 92.0 Å². The zero-order chi connectivity index (χ0) is 26.5. The van der Waals surface area contributed by atoms with Crippen LogP contribution in [0.3, 0.4) is 0 Å². The van der Waals surface area contributed by atoms with E-state index in [1.807, 2.05) is 0 Å². The van der Waals surface area contributed by atoms with Crippen LogP contribution in [0.5, 0.6) is 11.5 Å². The summed E-state index contributed by atoms with van der Waals surface area (Å²) >= 11 is 0. The number of hydrogen-bond acceptors (Lipinski definition) is 8. The van der Waals surface area contributed by atoms with Crippen LogP contribution in [0.2, 0.25) is 0 Å². The van der Waals surface area contributed by atoms with Gasteiger partial charge in [0.2, 0.25) is 11.8 Å². The number of aliphatic hydroxyl groups is 2. The first-order valence-corrected chi connectivity index (χ1v) is 12.8. The monoisotopic (exact) mass is 516 g/mol. The second kappa shape index (κ2) is 12.1. The lowest BCUT2D eigenvalue weighted by atomic mass is 9.77. The van der Waals surface area contributed by atoms with Gasteiger partial charge in [-0.25, -0.2) is 0 Å². The number of carbonyl (C=O) groups is 3. The second-order valence-electron chi connectivity index (χ2n) is 9.89. The zero-order valence-electron chi connectivity index (χ0n) is 21.4. The summed E-state index contributed by atoms with van der Waals surface area (Å²) in [5.41, 5.74) is 1.20. The van der Waals surface area contributed by atoms with E-state index in [0.717, 1.165) is 25.7 Å². The van der Waals surface area contributed by atoms with Crippen molar-refractivity contribution in [2.75, 3.05) is 40.5 Å². The van der Waals surface area contributed by atoms with E-state index in [9.17, 15) is 24.6 Å². The van der Waals surface area contributed by atoms with Gasteiger partial charge in [-0.15, -0.1) is 0 Å². The standard InChI is InChI=1S/C27H36N2O8/c1-35-15-22(32)29(13-16-6-4-3-5-7-16)20-12-19(27(34)28-8-9-30)23-18-10-17(14-31)11-21(36-2)25(18)37-26(23)24(20)33/h10-12,14,16,20,23-24,26,30,33H,3-9,13,15H2,1-2H3,(H,28,34)/t20-,23+,24+,26+/m1/s1. The summed E-state index contributed by atoms with van der Waals surface area (Å²) in [6.45, 7) is 0.0898. The first-order valence-electron chi connectivity index (χ1n) is 12.8. The number of rotatable bonds is 10. The Bertz CT molecular complexity index is 1040. The van der Waals surface area contributed by atoms with Crippen molar-refractivity contribution in [1.29, 1.82) is 0 Å². The smallest absolute Gasteiger partial charge is 0.249 e. The van der Waals surface area contributed by atoms with E-state index < -0.39 is 30.1 Å². The van der Waals surface area contributed by atoms with Gasteiger partial charge in [0.1, 0.15) is 25.1 Å². The van der Waals surface area contributed by atoms with Gasteiger partial charge in [-0.05, 0) is 37.0 Å². The molecular formula is C27H36N2O8. The van der Waals surface area contributed by atoms with Crippen molar-refractivity contribution in [1.82, 2.24) is 10.2 Å². The predicted octanol–water partition coefficient (Wildman–Crippen LogP) is 1.19. The molecule has 2 amide bonds. The molecule has 202 valence electrons. The van der Waals surface area contributed by atoms with E-state index in [2.05, 4.69) is 5.32 Å². The number of ether oxygens (including phenoxy) is 3. The summed E-state index contributed by atoms with van der Waals surface area (Å²) in [6.07, 6.45) is 5.62. The lowest BCUT2D eigenvalue weighted by Crippen LogP contribution is -2.57. The number of fused-ring (bicyclic) bond motifs is 3. The molecule has 1 heterocycles. The normalized spacial score (nSPS) is 24.8. The molecular weight excluding hydrogens is 480 g/mol. The van der Waals surface area contributed by atoms with Crippen LogP contribution >= 0.6 is 0 Å². The van der Waals surface area contributed by atoms with Crippen LogP contribution < -0.4 is 14.8 Å². The third-order valence-corrected chi connectivity index (χ3v) is 7.54. The molecule has 4 atom stereocenters. The van der Waals surface area contributed by atoms with Crippen LogP contribution in [0.1, 0.15) is 53.9 Å². The summed E-state index contributed by atoms with van der Waals surface area (Å²) in [5.74, 6) is -0.449. The van der Waals surface area contributed by atoms with Gasteiger partial charge in [0, 0.05) is 36.9 Å². The SMILES string of the molecule is COCC(=O)N(CC1CCCCC1)[C@@H]1C=C(C(=O)NCCO)[C@@H]2c3cc(C=O)cc(OC)c3O[C@@H]2[C@H]1O. The van der Waals surface area contributed by atoms with Gasteiger partial charge in [0.05, 0.1) is 25.7 Å². The van der Waals surface area contributed by atoms with Crippen molar-refractivity contribution < 1.29 is 38.8 Å². The highest BCUT2D eigenvalue weighted by Crippen LogP contribution is 2.51. The quantitative estimate of drug-likeness (QED) is 0.395. The highest BCUT2D eigenvalue weighted by molar-refractivity contribution is 5.96. The fourth-order valence-corrected chi connectivity index (χ4v) is 5.80. The lowest BCUT2D eigenvalue weighted by Gasteiger charge is -2.42. The maximum absolute atomic E-state index is 13.3. The van der Waals surface area contributed by atoms with Gasteiger partial charge < -0.3 is 34.6 Å². The molecule has 0 bridgehead atoms. The molecule has 1 aliphatic heterocycles. The van der Waals surface area contributed by atoms with E-state index in [1.165, 1.54) is 20.6 Å². The Morgan fingerprint density at radius 2 is 1.97 bits per heavy atom. The highest BCUT2D eigenvalue weighted by Gasteiger charge is 2.51. The molecule has 3 aliphatic rings. The number of methoxy groups -OCH3 is 2. The zero-order valence-corrected chi connectivity index (χ0v) is 21.4. The number of hydrogen-bond donors (Lipinski definition) is 3. The van der Waals surface area contributed by atoms with Gasteiger partial charge in [-0.1, -0.05) is 19.3 Å². The Labute approximate surface area is 216 Å². The number of carbonyl (C=O) groups excluding carboxylic acids is 3. The van der Waals surface area contributed by atoms with Crippen molar-refractivity contribution in [2.45, 2.75) is 56.3 Å². The number of nitrogens with one attached hydrogen (secondary N) is 1. The van der Waals surface area contributed by atoms with Crippen LogP contribution in [0.4, 0.5) is 0 Å².